The minimum Gasteiger partial charge on any atom is -0.466 e. The lowest BCUT2D eigenvalue weighted by atomic mass is 9.80. The number of esters is 2. The smallest absolute Gasteiger partial charge is 0.310 e. The van der Waals surface area contributed by atoms with Gasteiger partial charge in [0, 0.05) is 5.92 Å². The van der Waals surface area contributed by atoms with E-state index in [0.717, 1.165) is 6.42 Å². The number of ether oxygens (including phenoxy) is 2. The maximum Gasteiger partial charge on any atom is 0.310 e. The molecule has 1 saturated heterocycles. The van der Waals surface area contributed by atoms with Crippen LogP contribution in [0.3, 0.4) is 0 Å². The minimum atomic E-state index is -0.291. The van der Waals surface area contributed by atoms with Gasteiger partial charge in [0.25, 0.3) is 0 Å². The van der Waals surface area contributed by atoms with Crippen LogP contribution in [0.4, 0.5) is 0 Å². The van der Waals surface area contributed by atoms with Crippen molar-refractivity contribution in [3.05, 3.63) is 0 Å². The Hall–Kier alpha value is -0.580. The fourth-order valence-electron chi connectivity index (χ4n) is 3.53. The molecule has 0 unspecified atom stereocenters. The van der Waals surface area contributed by atoms with Crippen molar-refractivity contribution in [2.75, 3.05) is 6.61 Å². The van der Waals surface area contributed by atoms with Crippen LogP contribution in [0.1, 0.15) is 13.3 Å². The zero-order valence-corrected chi connectivity index (χ0v) is 10.5. The summed E-state index contributed by atoms with van der Waals surface area (Å²) in [6.07, 6.45) is 0.883. The van der Waals surface area contributed by atoms with E-state index < -0.39 is 0 Å². The van der Waals surface area contributed by atoms with Gasteiger partial charge in [0.2, 0.25) is 0 Å². The summed E-state index contributed by atoms with van der Waals surface area (Å²) >= 11 is 3.55. The lowest BCUT2D eigenvalue weighted by Gasteiger charge is -2.26. The standard InChI is InChI=1S/C11H13BrO4/c1-2-15-10(13)6-4-3-5-7(6)11(14)16-9(5)8(4)12/h4-9H,2-3H2,1H3/t4-,5-,6-,7+,8-,9+/m1/s1. The molecule has 0 amide bonds. The molecule has 5 heteroatoms. The Morgan fingerprint density at radius 3 is 3.00 bits per heavy atom. The van der Waals surface area contributed by atoms with Gasteiger partial charge in [0.15, 0.2) is 0 Å². The van der Waals surface area contributed by atoms with E-state index in [2.05, 4.69) is 15.9 Å². The van der Waals surface area contributed by atoms with Gasteiger partial charge in [-0.3, -0.25) is 9.59 Å². The van der Waals surface area contributed by atoms with Gasteiger partial charge in [0.05, 0.1) is 23.3 Å². The van der Waals surface area contributed by atoms with E-state index in [1.54, 1.807) is 6.92 Å². The fourth-order valence-corrected chi connectivity index (χ4v) is 4.58. The molecule has 2 saturated carbocycles. The third-order valence-corrected chi connectivity index (χ3v) is 5.28. The Morgan fingerprint density at radius 2 is 2.31 bits per heavy atom. The van der Waals surface area contributed by atoms with Gasteiger partial charge in [0.1, 0.15) is 6.10 Å². The molecule has 88 valence electrons. The lowest BCUT2D eigenvalue weighted by Crippen LogP contribution is -2.38. The predicted molar refractivity (Wildman–Crippen MR) is 57.8 cm³/mol. The van der Waals surface area contributed by atoms with E-state index in [9.17, 15) is 9.59 Å². The number of rotatable bonds is 2. The Balaban J connectivity index is 1.90. The van der Waals surface area contributed by atoms with Crippen LogP contribution in [-0.4, -0.2) is 29.5 Å². The average molecular weight is 289 g/mol. The number of carbonyl (C=O) groups excluding carboxylic acids is 2. The van der Waals surface area contributed by atoms with Crippen molar-refractivity contribution >= 4 is 27.9 Å². The maximum absolute atomic E-state index is 11.9. The topological polar surface area (TPSA) is 52.6 Å². The second kappa shape index (κ2) is 3.45. The maximum atomic E-state index is 11.9. The van der Waals surface area contributed by atoms with Crippen LogP contribution < -0.4 is 0 Å². The highest BCUT2D eigenvalue weighted by Gasteiger charge is 2.68. The van der Waals surface area contributed by atoms with E-state index in [1.165, 1.54) is 0 Å². The van der Waals surface area contributed by atoms with Gasteiger partial charge in [-0.05, 0) is 19.3 Å². The molecule has 16 heavy (non-hydrogen) atoms. The van der Waals surface area contributed by atoms with Gasteiger partial charge in [-0.2, -0.15) is 0 Å². The summed E-state index contributed by atoms with van der Waals surface area (Å²) in [5.41, 5.74) is 0. The molecule has 3 aliphatic rings. The van der Waals surface area contributed by atoms with E-state index in [0.29, 0.717) is 6.61 Å². The number of halogens is 1. The summed E-state index contributed by atoms with van der Waals surface area (Å²) in [6.45, 7) is 2.15. The first kappa shape index (κ1) is 10.6. The summed E-state index contributed by atoms with van der Waals surface area (Å²) < 4.78 is 10.4. The van der Waals surface area contributed by atoms with E-state index in [-0.39, 0.29) is 46.5 Å². The third kappa shape index (κ3) is 1.15. The summed E-state index contributed by atoms with van der Waals surface area (Å²) in [5, 5.41) is 0. The van der Waals surface area contributed by atoms with Crippen molar-refractivity contribution in [3.8, 4) is 0 Å². The molecule has 1 aliphatic heterocycles. The Morgan fingerprint density at radius 1 is 1.56 bits per heavy atom. The molecule has 6 atom stereocenters. The summed E-state index contributed by atoms with van der Waals surface area (Å²) in [4.78, 5) is 23.7. The van der Waals surface area contributed by atoms with Crippen molar-refractivity contribution in [1.29, 1.82) is 0 Å². The summed E-state index contributed by atoms with van der Waals surface area (Å²) in [7, 11) is 0. The molecule has 1 heterocycles. The molecule has 0 N–H and O–H groups in total. The number of carbonyl (C=O) groups is 2. The lowest BCUT2D eigenvalue weighted by molar-refractivity contribution is -0.155. The molecular formula is C11H13BrO4. The number of hydrogen-bond donors (Lipinski definition) is 0. The predicted octanol–water partition coefficient (Wildman–Crippen LogP) is 1.12. The zero-order valence-electron chi connectivity index (χ0n) is 8.89. The number of hydrogen-bond acceptors (Lipinski definition) is 4. The van der Waals surface area contributed by atoms with E-state index in [1.807, 2.05) is 0 Å². The monoisotopic (exact) mass is 288 g/mol. The van der Waals surface area contributed by atoms with Crippen molar-refractivity contribution in [2.24, 2.45) is 23.7 Å². The normalized spacial score (nSPS) is 48.2. The minimum absolute atomic E-state index is 0.0202. The van der Waals surface area contributed by atoms with Crippen LogP contribution in [0.25, 0.3) is 0 Å². The largest absolute Gasteiger partial charge is 0.466 e. The average Bonchev–Trinajstić information content (AvgIpc) is 2.82. The second-order valence-electron chi connectivity index (χ2n) is 4.71. The van der Waals surface area contributed by atoms with Crippen molar-refractivity contribution in [3.63, 3.8) is 0 Å². The highest BCUT2D eigenvalue weighted by molar-refractivity contribution is 9.09. The zero-order chi connectivity index (χ0) is 11.4. The second-order valence-corrected chi connectivity index (χ2v) is 5.77. The molecule has 0 radical (unpaired) electrons. The van der Waals surface area contributed by atoms with Gasteiger partial charge in [-0.15, -0.1) is 0 Å². The van der Waals surface area contributed by atoms with Gasteiger partial charge in [-0.25, -0.2) is 0 Å². The Bertz CT molecular complexity index is 356. The van der Waals surface area contributed by atoms with Crippen molar-refractivity contribution in [1.82, 2.24) is 0 Å². The molecule has 3 rings (SSSR count). The molecule has 3 fully saturated rings. The molecule has 0 aromatic heterocycles. The van der Waals surface area contributed by atoms with Gasteiger partial charge >= 0.3 is 11.9 Å². The summed E-state index contributed by atoms with van der Waals surface area (Å²) in [6, 6.07) is 0. The van der Waals surface area contributed by atoms with Gasteiger partial charge < -0.3 is 9.47 Å². The highest BCUT2D eigenvalue weighted by Crippen LogP contribution is 2.60. The Labute approximate surface area is 102 Å². The van der Waals surface area contributed by atoms with Crippen LogP contribution >= 0.6 is 15.9 Å². The molecular weight excluding hydrogens is 276 g/mol. The molecule has 0 aromatic rings. The fraction of sp³-hybridized carbons (Fsp3) is 0.818. The highest BCUT2D eigenvalue weighted by atomic mass is 79.9. The van der Waals surface area contributed by atoms with Crippen LogP contribution in [0, 0.1) is 23.7 Å². The first-order valence-corrected chi connectivity index (χ1v) is 6.58. The molecule has 2 aliphatic carbocycles. The van der Waals surface area contributed by atoms with Crippen LogP contribution in [0.2, 0.25) is 0 Å². The van der Waals surface area contributed by atoms with E-state index >= 15 is 0 Å². The Kier molecular flexibility index (Phi) is 2.28. The number of alkyl halides is 1. The van der Waals surface area contributed by atoms with Crippen LogP contribution in [-0.2, 0) is 19.1 Å². The first-order chi connectivity index (χ1) is 7.65. The van der Waals surface area contributed by atoms with E-state index in [4.69, 9.17) is 9.47 Å². The first-order valence-electron chi connectivity index (χ1n) is 5.66. The van der Waals surface area contributed by atoms with Crippen LogP contribution in [0.15, 0.2) is 0 Å². The molecule has 0 spiro atoms. The summed E-state index contributed by atoms with van der Waals surface area (Å²) in [5.74, 6) is -0.565. The molecule has 0 aromatic carbocycles. The van der Waals surface area contributed by atoms with Crippen molar-refractivity contribution < 1.29 is 19.1 Å². The molecule has 4 nitrogen and oxygen atoms in total. The third-order valence-electron chi connectivity index (χ3n) is 4.08. The van der Waals surface area contributed by atoms with Crippen LogP contribution in [0.5, 0.6) is 0 Å². The SMILES string of the molecule is CCOC(=O)[C@@H]1[C@H]2C[C@H]3[C@H](OC(=O)[C@@H]31)[C@@H]2Br. The van der Waals surface area contributed by atoms with Gasteiger partial charge in [-0.1, -0.05) is 15.9 Å². The molecule has 2 bridgehead atoms. The quantitative estimate of drug-likeness (QED) is 0.564. The van der Waals surface area contributed by atoms with Crippen molar-refractivity contribution in [2.45, 2.75) is 24.3 Å². The number of fused-ring (bicyclic) bond motifs is 1.